The van der Waals surface area contributed by atoms with Crippen molar-refractivity contribution in [2.24, 2.45) is 5.92 Å². The van der Waals surface area contributed by atoms with Crippen LogP contribution < -0.4 is 5.32 Å². The van der Waals surface area contributed by atoms with E-state index in [1.165, 1.54) is 70.6 Å². The molecule has 2 fully saturated rings. The summed E-state index contributed by atoms with van der Waals surface area (Å²) in [6.45, 7) is 0. The molecule has 2 heteroatoms. The van der Waals surface area contributed by atoms with Crippen LogP contribution in [0.25, 0.3) is 0 Å². The Labute approximate surface area is 112 Å². The predicted molar refractivity (Wildman–Crippen MR) is 75.4 cm³/mol. The summed E-state index contributed by atoms with van der Waals surface area (Å²) in [7, 11) is 0. The van der Waals surface area contributed by atoms with Crippen molar-refractivity contribution in [2.45, 2.75) is 89.5 Å². The van der Waals surface area contributed by atoms with Crippen LogP contribution in [0.15, 0.2) is 0 Å². The van der Waals surface area contributed by atoms with Gasteiger partial charge in [0.05, 0.1) is 0 Å². The molecule has 18 heavy (non-hydrogen) atoms. The molecule has 2 saturated carbocycles. The second-order valence-electron chi connectivity index (χ2n) is 6.30. The molecule has 1 amide bonds. The Hall–Kier alpha value is -0.530. The van der Waals surface area contributed by atoms with Crippen LogP contribution >= 0.6 is 0 Å². The van der Waals surface area contributed by atoms with Crippen molar-refractivity contribution in [1.29, 1.82) is 0 Å². The molecule has 0 saturated heterocycles. The molecule has 0 radical (unpaired) electrons. The van der Waals surface area contributed by atoms with Gasteiger partial charge in [0.1, 0.15) is 0 Å². The first-order valence-corrected chi connectivity index (χ1v) is 8.14. The second-order valence-corrected chi connectivity index (χ2v) is 6.30. The van der Waals surface area contributed by atoms with E-state index in [-0.39, 0.29) is 0 Å². The molecule has 0 bridgehead atoms. The van der Waals surface area contributed by atoms with Crippen molar-refractivity contribution >= 4 is 5.91 Å². The topological polar surface area (TPSA) is 29.1 Å². The lowest BCUT2D eigenvalue weighted by Gasteiger charge is -2.23. The van der Waals surface area contributed by atoms with Crippen LogP contribution in [-0.4, -0.2) is 11.9 Å². The first kappa shape index (κ1) is 13.9. The first-order valence-electron chi connectivity index (χ1n) is 8.14. The van der Waals surface area contributed by atoms with Crippen molar-refractivity contribution in [1.82, 2.24) is 5.32 Å². The summed E-state index contributed by atoms with van der Waals surface area (Å²) in [5.74, 6) is 1.22. The zero-order chi connectivity index (χ0) is 12.6. The quantitative estimate of drug-likeness (QED) is 0.780. The standard InChI is InChI=1S/C16H29NO/c18-16(17-15-11-5-2-6-12-15)13-7-10-14-8-3-1-4-9-14/h14-15H,1-13H2,(H,17,18). The summed E-state index contributed by atoms with van der Waals surface area (Å²) in [5.41, 5.74) is 0. The van der Waals surface area contributed by atoms with E-state index < -0.39 is 0 Å². The van der Waals surface area contributed by atoms with Crippen LogP contribution in [-0.2, 0) is 4.79 Å². The van der Waals surface area contributed by atoms with Gasteiger partial charge in [-0.2, -0.15) is 0 Å². The molecule has 0 aromatic rings. The van der Waals surface area contributed by atoms with E-state index in [0.29, 0.717) is 11.9 Å². The van der Waals surface area contributed by atoms with E-state index in [0.717, 1.165) is 18.8 Å². The van der Waals surface area contributed by atoms with Crippen LogP contribution in [0.3, 0.4) is 0 Å². The maximum atomic E-state index is 11.8. The highest BCUT2D eigenvalue weighted by Gasteiger charge is 2.16. The van der Waals surface area contributed by atoms with Gasteiger partial charge >= 0.3 is 0 Å². The van der Waals surface area contributed by atoms with E-state index in [9.17, 15) is 4.79 Å². The third-order valence-corrected chi connectivity index (χ3v) is 4.71. The Morgan fingerprint density at radius 2 is 1.50 bits per heavy atom. The summed E-state index contributed by atoms with van der Waals surface area (Å²) in [5, 5.41) is 3.22. The fourth-order valence-electron chi connectivity index (χ4n) is 3.57. The van der Waals surface area contributed by atoms with Gasteiger partial charge in [0.15, 0.2) is 0 Å². The Bertz CT molecular complexity index is 239. The highest BCUT2D eigenvalue weighted by molar-refractivity contribution is 5.76. The van der Waals surface area contributed by atoms with Gasteiger partial charge in [0.25, 0.3) is 0 Å². The van der Waals surface area contributed by atoms with Crippen molar-refractivity contribution < 1.29 is 4.79 Å². The minimum atomic E-state index is 0.303. The molecule has 0 atom stereocenters. The van der Waals surface area contributed by atoms with Gasteiger partial charge in [-0.3, -0.25) is 4.79 Å². The average molecular weight is 251 g/mol. The highest BCUT2D eigenvalue weighted by atomic mass is 16.1. The zero-order valence-electron chi connectivity index (χ0n) is 11.8. The van der Waals surface area contributed by atoms with E-state index >= 15 is 0 Å². The zero-order valence-corrected chi connectivity index (χ0v) is 11.8. The molecule has 0 aliphatic heterocycles. The number of hydrogen-bond acceptors (Lipinski definition) is 1. The maximum absolute atomic E-state index is 11.8. The van der Waals surface area contributed by atoms with Crippen LogP contribution in [0, 0.1) is 5.92 Å². The predicted octanol–water partition coefficient (Wildman–Crippen LogP) is 4.19. The summed E-state index contributed by atoms with van der Waals surface area (Å²) in [6, 6.07) is 0.487. The smallest absolute Gasteiger partial charge is 0.220 e. The lowest BCUT2D eigenvalue weighted by atomic mass is 9.86. The lowest BCUT2D eigenvalue weighted by molar-refractivity contribution is -0.122. The van der Waals surface area contributed by atoms with Gasteiger partial charge in [-0.25, -0.2) is 0 Å². The summed E-state index contributed by atoms with van der Waals surface area (Å²) in [4.78, 5) is 11.8. The van der Waals surface area contributed by atoms with E-state index in [1.807, 2.05) is 0 Å². The van der Waals surface area contributed by atoms with E-state index in [2.05, 4.69) is 5.32 Å². The molecule has 2 rings (SSSR count). The van der Waals surface area contributed by atoms with Gasteiger partial charge in [-0.1, -0.05) is 51.4 Å². The van der Waals surface area contributed by atoms with Crippen molar-refractivity contribution in [3.8, 4) is 0 Å². The van der Waals surface area contributed by atoms with Gasteiger partial charge < -0.3 is 5.32 Å². The fraction of sp³-hybridized carbons (Fsp3) is 0.938. The lowest BCUT2D eigenvalue weighted by Crippen LogP contribution is -2.36. The average Bonchev–Trinajstić information content (AvgIpc) is 2.41. The van der Waals surface area contributed by atoms with Gasteiger partial charge in [0.2, 0.25) is 5.91 Å². The summed E-state index contributed by atoms with van der Waals surface area (Å²) in [6.07, 6.45) is 16.6. The molecule has 104 valence electrons. The minimum absolute atomic E-state index is 0.303. The van der Waals surface area contributed by atoms with E-state index in [4.69, 9.17) is 0 Å². The number of rotatable bonds is 5. The number of amides is 1. The minimum Gasteiger partial charge on any atom is -0.353 e. The van der Waals surface area contributed by atoms with Crippen LogP contribution in [0.1, 0.15) is 83.5 Å². The van der Waals surface area contributed by atoms with Crippen LogP contribution in [0.5, 0.6) is 0 Å². The molecule has 0 aromatic heterocycles. The molecule has 1 N–H and O–H groups in total. The molecule has 0 spiro atoms. The van der Waals surface area contributed by atoms with Crippen molar-refractivity contribution in [3.05, 3.63) is 0 Å². The molecule has 2 aliphatic rings. The summed E-state index contributed by atoms with van der Waals surface area (Å²) < 4.78 is 0. The Kier molecular flexibility index (Phi) is 6.02. The number of carbonyl (C=O) groups is 1. The maximum Gasteiger partial charge on any atom is 0.220 e. The highest BCUT2D eigenvalue weighted by Crippen LogP contribution is 2.27. The number of hydrogen-bond donors (Lipinski definition) is 1. The normalized spacial score (nSPS) is 22.9. The van der Waals surface area contributed by atoms with Gasteiger partial charge in [0, 0.05) is 12.5 Å². The number of nitrogens with one attached hydrogen (secondary N) is 1. The summed E-state index contributed by atoms with van der Waals surface area (Å²) >= 11 is 0. The molecular formula is C16H29NO. The molecule has 0 unspecified atom stereocenters. The van der Waals surface area contributed by atoms with Crippen LogP contribution in [0.2, 0.25) is 0 Å². The van der Waals surface area contributed by atoms with E-state index in [1.54, 1.807) is 0 Å². The monoisotopic (exact) mass is 251 g/mol. The molecule has 2 nitrogen and oxygen atoms in total. The third kappa shape index (κ3) is 4.99. The van der Waals surface area contributed by atoms with Crippen molar-refractivity contribution in [3.63, 3.8) is 0 Å². The third-order valence-electron chi connectivity index (χ3n) is 4.71. The van der Waals surface area contributed by atoms with Crippen molar-refractivity contribution in [2.75, 3.05) is 0 Å². The van der Waals surface area contributed by atoms with Gasteiger partial charge in [-0.15, -0.1) is 0 Å². The molecule has 0 heterocycles. The largest absolute Gasteiger partial charge is 0.353 e. The Morgan fingerprint density at radius 1 is 0.889 bits per heavy atom. The second kappa shape index (κ2) is 7.81. The fourth-order valence-corrected chi connectivity index (χ4v) is 3.57. The van der Waals surface area contributed by atoms with Gasteiger partial charge in [-0.05, 0) is 31.6 Å². The van der Waals surface area contributed by atoms with Crippen LogP contribution in [0.4, 0.5) is 0 Å². The molecule has 2 aliphatic carbocycles. The molecular weight excluding hydrogens is 222 g/mol. The Morgan fingerprint density at radius 3 is 2.17 bits per heavy atom. The molecule has 0 aromatic carbocycles. The number of carbonyl (C=O) groups excluding carboxylic acids is 1. The first-order chi connectivity index (χ1) is 8.84. The Balaban J connectivity index is 1.53. The SMILES string of the molecule is O=C(CCCC1CCCCC1)NC1CCCCC1.